The molecule has 0 saturated heterocycles. The van der Waals surface area contributed by atoms with E-state index < -0.39 is 0 Å². The van der Waals surface area contributed by atoms with E-state index in [1.807, 2.05) is 18.2 Å². The molecule has 0 aliphatic carbocycles. The van der Waals surface area contributed by atoms with Gasteiger partial charge in [-0.05, 0) is 53.4 Å². The van der Waals surface area contributed by atoms with Crippen LogP contribution in [-0.4, -0.2) is 4.98 Å². The van der Waals surface area contributed by atoms with Crippen molar-refractivity contribution in [2.45, 2.75) is 19.4 Å². The van der Waals surface area contributed by atoms with Gasteiger partial charge in [0.1, 0.15) is 0 Å². The molecule has 0 aliphatic heterocycles. The van der Waals surface area contributed by atoms with E-state index in [9.17, 15) is 0 Å². The van der Waals surface area contributed by atoms with Crippen molar-refractivity contribution >= 4 is 22.2 Å². The second kappa shape index (κ2) is 5.11. The molecule has 2 heterocycles. The number of pyridine rings is 1. The van der Waals surface area contributed by atoms with Crippen LogP contribution in [0, 0.1) is 6.92 Å². The van der Waals surface area contributed by atoms with Crippen LogP contribution in [0.1, 0.15) is 22.9 Å². The number of rotatable bonds is 3. The summed E-state index contributed by atoms with van der Waals surface area (Å²) in [6, 6.07) is 12.4. The molecule has 0 saturated carbocycles. The number of hydrogen-bond acceptors (Lipinski definition) is 3. The average Bonchev–Trinajstić information content (AvgIpc) is 2.91. The summed E-state index contributed by atoms with van der Waals surface area (Å²) in [6.07, 6.45) is 0.842. The number of benzene rings is 1. The largest absolute Gasteiger partial charge is 0.322 e. The average molecular weight is 268 g/mol. The summed E-state index contributed by atoms with van der Waals surface area (Å²) in [6.45, 7) is 2.12. The third kappa shape index (κ3) is 2.53. The van der Waals surface area contributed by atoms with Gasteiger partial charge in [0.25, 0.3) is 0 Å². The molecule has 2 N–H and O–H groups in total. The molecule has 19 heavy (non-hydrogen) atoms. The molecule has 1 atom stereocenters. The Bertz CT molecular complexity index is 689. The molecule has 1 aromatic carbocycles. The predicted molar refractivity (Wildman–Crippen MR) is 81.4 cm³/mol. The fourth-order valence-electron chi connectivity index (χ4n) is 2.33. The fraction of sp³-hybridized carbons (Fsp3) is 0.188. The second-order valence-corrected chi connectivity index (χ2v) is 5.60. The first kappa shape index (κ1) is 12.3. The van der Waals surface area contributed by atoms with Crippen LogP contribution in [0.5, 0.6) is 0 Å². The van der Waals surface area contributed by atoms with Gasteiger partial charge >= 0.3 is 0 Å². The Morgan fingerprint density at radius 1 is 1.26 bits per heavy atom. The Hall–Kier alpha value is -1.71. The zero-order valence-electron chi connectivity index (χ0n) is 10.8. The lowest BCUT2D eigenvalue weighted by Crippen LogP contribution is -2.15. The molecule has 0 spiro atoms. The van der Waals surface area contributed by atoms with Crippen LogP contribution in [0.3, 0.4) is 0 Å². The Labute approximate surface area is 116 Å². The highest BCUT2D eigenvalue weighted by molar-refractivity contribution is 7.07. The van der Waals surface area contributed by atoms with E-state index in [0.717, 1.165) is 17.6 Å². The van der Waals surface area contributed by atoms with E-state index in [1.54, 1.807) is 11.3 Å². The van der Waals surface area contributed by atoms with Gasteiger partial charge in [0.2, 0.25) is 0 Å². The summed E-state index contributed by atoms with van der Waals surface area (Å²) in [7, 11) is 0. The predicted octanol–water partition coefficient (Wildman–Crippen LogP) is 3.85. The second-order valence-electron chi connectivity index (χ2n) is 4.82. The molecule has 0 aliphatic rings. The van der Waals surface area contributed by atoms with Crippen LogP contribution in [0.15, 0.2) is 47.2 Å². The zero-order valence-corrected chi connectivity index (χ0v) is 11.7. The van der Waals surface area contributed by atoms with Crippen molar-refractivity contribution in [3.63, 3.8) is 0 Å². The Morgan fingerprint density at radius 2 is 2.11 bits per heavy atom. The maximum Gasteiger partial charge on any atom is 0.0708 e. The molecule has 3 rings (SSSR count). The van der Waals surface area contributed by atoms with Crippen LogP contribution in [0.4, 0.5) is 0 Å². The fourth-order valence-corrected chi connectivity index (χ4v) is 3.01. The van der Waals surface area contributed by atoms with Crippen LogP contribution in [0.25, 0.3) is 10.9 Å². The van der Waals surface area contributed by atoms with Crippen molar-refractivity contribution in [3.05, 3.63) is 64.0 Å². The highest BCUT2D eigenvalue weighted by atomic mass is 32.1. The standard InChI is InChI=1S/C16H16N2S/c1-11-8-16(14(17)9-12-6-7-19-10-12)18-15-5-3-2-4-13(11)15/h2-8,10,14H,9,17H2,1H3. The molecule has 0 fully saturated rings. The lowest BCUT2D eigenvalue weighted by Gasteiger charge is -2.12. The van der Waals surface area contributed by atoms with E-state index in [1.165, 1.54) is 16.5 Å². The summed E-state index contributed by atoms with van der Waals surface area (Å²) in [5.41, 5.74) is 10.8. The summed E-state index contributed by atoms with van der Waals surface area (Å²) < 4.78 is 0. The molecule has 3 aromatic rings. The lowest BCUT2D eigenvalue weighted by atomic mass is 10.0. The highest BCUT2D eigenvalue weighted by Crippen LogP contribution is 2.22. The van der Waals surface area contributed by atoms with Crippen molar-refractivity contribution in [1.29, 1.82) is 0 Å². The summed E-state index contributed by atoms with van der Waals surface area (Å²) >= 11 is 1.71. The van der Waals surface area contributed by atoms with E-state index in [0.29, 0.717) is 0 Å². The molecule has 3 heteroatoms. The minimum Gasteiger partial charge on any atom is -0.322 e. The normalized spacial score (nSPS) is 12.7. The van der Waals surface area contributed by atoms with Crippen molar-refractivity contribution in [2.75, 3.05) is 0 Å². The van der Waals surface area contributed by atoms with Crippen LogP contribution >= 0.6 is 11.3 Å². The number of nitrogens with two attached hydrogens (primary N) is 1. The van der Waals surface area contributed by atoms with Crippen molar-refractivity contribution < 1.29 is 0 Å². The quantitative estimate of drug-likeness (QED) is 0.783. The number of fused-ring (bicyclic) bond motifs is 1. The van der Waals surface area contributed by atoms with Crippen molar-refractivity contribution in [1.82, 2.24) is 4.98 Å². The SMILES string of the molecule is Cc1cc(C(N)Cc2ccsc2)nc2ccccc12. The zero-order chi connectivity index (χ0) is 13.2. The minimum absolute atomic E-state index is 0.0436. The van der Waals surface area contributed by atoms with E-state index in [4.69, 9.17) is 10.7 Å². The summed E-state index contributed by atoms with van der Waals surface area (Å²) in [5, 5.41) is 5.43. The smallest absolute Gasteiger partial charge is 0.0708 e. The van der Waals surface area contributed by atoms with Crippen LogP contribution in [0.2, 0.25) is 0 Å². The Balaban J connectivity index is 1.96. The third-order valence-electron chi connectivity index (χ3n) is 3.36. The van der Waals surface area contributed by atoms with Gasteiger partial charge in [-0.2, -0.15) is 11.3 Å². The molecular weight excluding hydrogens is 252 g/mol. The number of para-hydroxylation sites is 1. The molecule has 0 amide bonds. The Kier molecular flexibility index (Phi) is 3.32. The number of nitrogens with zero attached hydrogens (tertiary/aromatic N) is 1. The lowest BCUT2D eigenvalue weighted by molar-refractivity contribution is 0.701. The van der Waals surface area contributed by atoms with E-state index in [2.05, 4.69) is 35.9 Å². The van der Waals surface area contributed by atoms with E-state index in [-0.39, 0.29) is 6.04 Å². The summed E-state index contributed by atoms with van der Waals surface area (Å²) in [5.74, 6) is 0. The van der Waals surface area contributed by atoms with Gasteiger partial charge in [-0.25, -0.2) is 0 Å². The summed E-state index contributed by atoms with van der Waals surface area (Å²) in [4.78, 5) is 4.69. The molecular formula is C16H16N2S. The molecule has 96 valence electrons. The van der Waals surface area contributed by atoms with Gasteiger partial charge in [-0.15, -0.1) is 0 Å². The highest BCUT2D eigenvalue weighted by Gasteiger charge is 2.11. The van der Waals surface area contributed by atoms with Crippen molar-refractivity contribution in [2.24, 2.45) is 5.73 Å². The Morgan fingerprint density at radius 3 is 2.89 bits per heavy atom. The van der Waals surface area contributed by atoms with Gasteiger partial charge < -0.3 is 5.73 Å². The minimum atomic E-state index is -0.0436. The van der Waals surface area contributed by atoms with Crippen LogP contribution in [-0.2, 0) is 6.42 Å². The first-order valence-corrected chi connectivity index (χ1v) is 7.31. The van der Waals surface area contributed by atoms with Gasteiger partial charge in [-0.1, -0.05) is 18.2 Å². The van der Waals surface area contributed by atoms with Gasteiger partial charge in [0, 0.05) is 5.39 Å². The first-order valence-electron chi connectivity index (χ1n) is 6.37. The topological polar surface area (TPSA) is 38.9 Å². The number of aryl methyl sites for hydroxylation is 1. The van der Waals surface area contributed by atoms with Crippen molar-refractivity contribution in [3.8, 4) is 0 Å². The molecule has 0 bridgehead atoms. The third-order valence-corrected chi connectivity index (χ3v) is 4.09. The molecule has 2 aromatic heterocycles. The number of thiophene rings is 1. The maximum absolute atomic E-state index is 6.29. The van der Waals surface area contributed by atoms with Crippen LogP contribution < -0.4 is 5.73 Å². The monoisotopic (exact) mass is 268 g/mol. The number of aromatic nitrogens is 1. The van der Waals surface area contributed by atoms with Gasteiger partial charge in [0.15, 0.2) is 0 Å². The molecule has 1 unspecified atom stereocenters. The van der Waals surface area contributed by atoms with Gasteiger partial charge in [0.05, 0.1) is 17.3 Å². The van der Waals surface area contributed by atoms with E-state index >= 15 is 0 Å². The number of hydrogen-bond donors (Lipinski definition) is 1. The molecule has 2 nitrogen and oxygen atoms in total. The molecule has 0 radical (unpaired) electrons. The maximum atomic E-state index is 6.29. The first-order chi connectivity index (χ1) is 9.24. The van der Waals surface area contributed by atoms with Gasteiger partial charge in [-0.3, -0.25) is 4.98 Å².